The highest BCUT2D eigenvalue weighted by Gasteiger charge is 2.77. The molecule has 2 amide bonds. The number of aliphatic hydroxyl groups is 1. The number of allylic oxidation sites excluding steroid dienone is 1. The molecule has 3 saturated heterocycles. The van der Waals surface area contributed by atoms with Gasteiger partial charge in [-0.25, -0.2) is 0 Å². The monoisotopic (exact) mass is 554 g/mol. The van der Waals surface area contributed by atoms with Crippen LogP contribution in [0.1, 0.15) is 58.1 Å². The van der Waals surface area contributed by atoms with Crippen molar-refractivity contribution >= 4 is 29.5 Å². The molecule has 1 spiro atoms. The maximum absolute atomic E-state index is 14.5. The third-order valence-electron chi connectivity index (χ3n) is 8.66. The van der Waals surface area contributed by atoms with Gasteiger partial charge in [-0.05, 0) is 51.0 Å². The fourth-order valence-electron chi connectivity index (χ4n) is 6.88. The van der Waals surface area contributed by atoms with Crippen LogP contribution in [0.3, 0.4) is 0 Å². The van der Waals surface area contributed by atoms with Crippen LogP contribution in [0.5, 0.6) is 0 Å². The molecular formula is C31H42N2O5S. The molecule has 1 aromatic carbocycles. The lowest BCUT2D eigenvalue weighted by Crippen LogP contribution is -2.58. The van der Waals surface area contributed by atoms with Crippen molar-refractivity contribution in [3.05, 3.63) is 61.2 Å². The summed E-state index contributed by atoms with van der Waals surface area (Å²) in [4.78, 5) is 45.8. The van der Waals surface area contributed by atoms with Crippen molar-refractivity contribution in [2.75, 3.05) is 19.8 Å². The van der Waals surface area contributed by atoms with Crippen LogP contribution in [0.25, 0.3) is 0 Å². The van der Waals surface area contributed by atoms with Gasteiger partial charge in [-0.1, -0.05) is 49.4 Å². The topological polar surface area (TPSA) is 87.1 Å². The van der Waals surface area contributed by atoms with Crippen LogP contribution in [0.4, 0.5) is 0 Å². The molecule has 0 aliphatic carbocycles. The van der Waals surface area contributed by atoms with Gasteiger partial charge in [0.1, 0.15) is 6.04 Å². The first-order chi connectivity index (χ1) is 18.7. The molecule has 39 heavy (non-hydrogen) atoms. The summed E-state index contributed by atoms with van der Waals surface area (Å²) in [6.07, 6.45) is 6.77. The van der Waals surface area contributed by atoms with Crippen molar-refractivity contribution < 1.29 is 24.2 Å². The number of carbonyl (C=O) groups excluding carboxylic acids is 3. The number of esters is 1. The van der Waals surface area contributed by atoms with E-state index in [1.54, 1.807) is 27.6 Å². The Morgan fingerprint density at radius 3 is 2.56 bits per heavy atom. The summed E-state index contributed by atoms with van der Waals surface area (Å²) in [6.45, 7) is 13.9. The molecule has 0 radical (unpaired) electrons. The Labute approximate surface area is 236 Å². The molecule has 7 nitrogen and oxygen atoms in total. The quantitative estimate of drug-likeness (QED) is 0.221. The van der Waals surface area contributed by atoms with Gasteiger partial charge in [-0.15, -0.1) is 24.9 Å². The number of benzene rings is 1. The average Bonchev–Trinajstić information content (AvgIpc) is 3.51. The lowest BCUT2D eigenvalue weighted by atomic mass is 9.66. The van der Waals surface area contributed by atoms with Crippen LogP contribution >= 0.6 is 11.8 Å². The van der Waals surface area contributed by atoms with E-state index in [4.69, 9.17) is 4.74 Å². The van der Waals surface area contributed by atoms with Gasteiger partial charge in [-0.3, -0.25) is 14.4 Å². The maximum atomic E-state index is 14.5. The number of nitrogens with zero attached hydrogens (tertiary/aromatic N) is 2. The Morgan fingerprint density at radius 2 is 1.95 bits per heavy atom. The van der Waals surface area contributed by atoms with Crippen molar-refractivity contribution in [2.24, 2.45) is 17.8 Å². The fraction of sp³-hybridized carbons (Fsp3) is 0.581. The Bertz CT molecular complexity index is 1080. The summed E-state index contributed by atoms with van der Waals surface area (Å²) < 4.78 is 4.95. The predicted octanol–water partition coefficient (Wildman–Crippen LogP) is 4.38. The van der Waals surface area contributed by atoms with Crippen molar-refractivity contribution in [1.29, 1.82) is 0 Å². The summed E-state index contributed by atoms with van der Waals surface area (Å²) in [6, 6.07) is 7.72. The molecule has 0 saturated carbocycles. The fourth-order valence-corrected chi connectivity index (χ4v) is 9.27. The number of thioether (sulfide) groups is 1. The van der Waals surface area contributed by atoms with Gasteiger partial charge in [0.2, 0.25) is 11.8 Å². The molecule has 3 aliphatic rings. The number of likely N-dealkylation sites (tertiary alicyclic amines) is 1. The first kappa shape index (κ1) is 29.4. The molecule has 3 fully saturated rings. The molecule has 1 aromatic rings. The van der Waals surface area contributed by atoms with Gasteiger partial charge in [0.15, 0.2) is 0 Å². The van der Waals surface area contributed by atoms with Crippen molar-refractivity contribution in [3.8, 4) is 0 Å². The molecule has 212 valence electrons. The van der Waals surface area contributed by atoms with Gasteiger partial charge >= 0.3 is 5.97 Å². The third-order valence-corrected chi connectivity index (χ3v) is 10.7. The molecule has 7 atom stereocenters. The van der Waals surface area contributed by atoms with Crippen LogP contribution < -0.4 is 0 Å². The normalized spacial score (nSPS) is 29.8. The van der Waals surface area contributed by atoms with Crippen molar-refractivity contribution in [1.82, 2.24) is 9.80 Å². The predicted molar refractivity (Wildman–Crippen MR) is 154 cm³/mol. The van der Waals surface area contributed by atoms with Gasteiger partial charge in [0.25, 0.3) is 0 Å². The van der Waals surface area contributed by atoms with Gasteiger partial charge in [-0.2, -0.15) is 0 Å². The molecule has 3 unspecified atom stereocenters. The lowest BCUT2D eigenvalue weighted by molar-refractivity contribution is -0.155. The minimum atomic E-state index is -0.815. The number of hydrogen-bond donors (Lipinski definition) is 1. The second kappa shape index (κ2) is 12.3. The first-order valence-corrected chi connectivity index (χ1v) is 15.0. The van der Waals surface area contributed by atoms with E-state index >= 15 is 0 Å². The molecule has 1 N–H and O–H groups in total. The minimum Gasteiger partial charge on any atom is -0.465 e. The maximum Gasteiger partial charge on any atom is 0.310 e. The molecule has 3 heterocycles. The first-order valence-electron chi connectivity index (χ1n) is 14.1. The van der Waals surface area contributed by atoms with Gasteiger partial charge in [0.05, 0.1) is 35.8 Å². The zero-order chi connectivity index (χ0) is 28.3. The smallest absolute Gasteiger partial charge is 0.310 e. The van der Waals surface area contributed by atoms with E-state index in [0.717, 1.165) is 31.2 Å². The van der Waals surface area contributed by atoms with E-state index in [9.17, 15) is 19.5 Å². The van der Waals surface area contributed by atoms with E-state index < -0.39 is 28.7 Å². The number of ether oxygens (including phenoxy) is 1. The third kappa shape index (κ3) is 5.06. The number of unbranched alkanes of at least 4 members (excludes halogenated alkanes) is 2. The minimum absolute atomic E-state index is 0.0323. The zero-order valence-corrected chi connectivity index (χ0v) is 24.1. The number of aliphatic hydroxyl groups excluding tert-OH is 1. The van der Waals surface area contributed by atoms with E-state index in [-0.39, 0.29) is 41.6 Å². The standard InChI is InChI=1S/C31H42N2O5S/c1-6-8-9-13-17-38-30(37)25-24-18-21(5)31(39-24)26(25)28(35)33(23(19-34)22-14-11-10-12-15-22)27(31)29(36)32(16-7-2)20(3)4/h6-7,10-12,14-15,20-21,23-27,34H,1-2,8-9,13,16-19H2,3-5H3/t21?,23-,24-,25+,26+,27?,31?/m1/s1. The highest BCUT2D eigenvalue weighted by atomic mass is 32.2. The second-order valence-electron chi connectivity index (χ2n) is 11.2. The Morgan fingerprint density at radius 1 is 1.23 bits per heavy atom. The van der Waals surface area contributed by atoms with Crippen molar-refractivity contribution in [3.63, 3.8) is 0 Å². The molecule has 8 heteroatoms. The van der Waals surface area contributed by atoms with E-state index in [0.29, 0.717) is 13.2 Å². The Balaban J connectivity index is 1.76. The molecule has 2 bridgehead atoms. The number of fused-ring (bicyclic) bond motifs is 1. The second-order valence-corrected chi connectivity index (χ2v) is 12.8. The number of hydrogen-bond acceptors (Lipinski definition) is 6. The SMILES string of the molecule is C=CCCCCOC(=O)[C@@H]1[C@H]2C(=O)N([C@H](CO)c3ccccc3)C(C(=O)N(CC=C)C(C)C)C23S[C@@H]1CC3C. The zero-order valence-electron chi connectivity index (χ0n) is 23.3. The van der Waals surface area contributed by atoms with Crippen molar-refractivity contribution in [2.45, 2.75) is 74.6 Å². The van der Waals surface area contributed by atoms with Crippen LogP contribution in [-0.4, -0.2) is 74.5 Å². The molecule has 0 aromatic heterocycles. The van der Waals surface area contributed by atoms with Gasteiger partial charge in [0, 0.05) is 17.8 Å². The van der Waals surface area contributed by atoms with E-state index in [2.05, 4.69) is 20.1 Å². The van der Waals surface area contributed by atoms with E-state index in [1.807, 2.05) is 50.3 Å². The van der Waals surface area contributed by atoms with Crippen LogP contribution in [0.2, 0.25) is 0 Å². The number of carbonyl (C=O) groups is 3. The van der Waals surface area contributed by atoms with E-state index in [1.165, 1.54) is 0 Å². The molecule has 4 rings (SSSR count). The average molecular weight is 555 g/mol. The summed E-state index contributed by atoms with van der Waals surface area (Å²) >= 11 is 1.62. The summed E-state index contributed by atoms with van der Waals surface area (Å²) in [5, 5.41) is 10.5. The lowest BCUT2D eigenvalue weighted by Gasteiger charge is -2.42. The summed E-state index contributed by atoms with van der Waals surface area (Å²) in [7, 11) is 0. The number of amides is 2. The molecule has 3 aliphatic heterocycles. The highest BCUT2D eigenvalue weighted by Crippen LogP contribution is 2.69. The van der Waals surface area contributed by atoms with Crippen LogP contribution in [0.15, 0.2) is 55.6 Å². The van der Waals surface area contributed by atoms with Gasteiger partial charge < -0.3 is 19.6 Å². The summed E-state index contributed by atoms with van der Waals surface area (Å²) in [5.74, 6) is -2.01. The Kier molecular flexibility index (Phi) is 9.27. The number of rotatable bonds is 13. The Hall–Kier alpha value is -2.58. The highest BCUT2D eigenvalue weighted by molar-refractivity contribution is 8.02. The summed E-state index contributed by atoms with van der Waals surface area (Å²) in [5.41, 5.74) is 0.760. The largest absolute Gasteiger partial charge is 0.465 e. The van der Waals surface area contributed by atoms with Crippen LogP contribution in [0, 0.1) is 17.8 Å². The van der Waals surface area contributed by atoms with Crippen LogP contribution in [-0.2, 0) is 19.1 Å². The molecular weight excluding hydrogens is 512 g/mol.